The van der Waals surface area contributed by atoms with E-state index in [4.69, 9.17) is 15.0 Å². The van der Waals surface area contributed by atoms with Crippen molar-refractivity contribution in [2.24, 2.45) is 0 Å². The lowest BCUT2D eigenvalue weighted by Crippen LogP contribution is -2.15. The van der Waals surface area contributed by atoms with Crippen LogP contribution in [0.2, 0.25) is 0 Å². The highest BCUT2D eigenvalue weighted by Crippen LogP contribution is 2.51. The van der Waals surface area contributed by atoms with Crippen LogP contribution in [-0.4, -0.2) is 15.0 Å². The normalized spacial score (nSPS) is 12.7. The molecule has 1 heterocycles. The Morgan fingerprint density at radius 2 is 0.982 bits per heavy atom. The van der Waals surface area contributed by atoms with Gasteiger partial charge in [-0.1, -0.05) is 159 Å². The van der Waals surface area contributed by atoms with Gasteiger partial charge in [0, 0.05) is 22.1 Å². The first-order valence-electron chi connectivity index (χ1n) is 18.6. The average Bonchev–Trinajstić information content (AvgIpc) is 3.47. The highest BCUT2D eigenvalue weighted by Gasteiger charge is 2.36. The minimum Gasteiger partial charge on any atom is -0.208 e. The summed E-state index contributed by atoms with van der Waals surface area (Å²) in [5.41, 5.74) is 12.9. The van der Waals surface area contributed by atoms with Crippen LogP contribution in [0.15, 0.2) is 170 Å². The van der Waals surface area contributed by atoms with Crippen molar-refractivity contribution in [3.8, 4) is 73.6 Å². The first kappa shape index (κ1) is 32.4. The van der Waals surface area contributed by atoms with Crippen LogP contribution in [0.5, 0.6) is 0 Å². The van der Waals surface area contributed by atoms with Gasteiger partial charge in [-0.25, -0.2) is 15.0 Å². The van der Waals surface area contributed by atoms with E-state index < -0.39 is 0 Å². The van der Waals surface area contributed by atoms with Crippen molar-refractivity contribution in [3.63, 3.8) is 0 Å². The van der Waals surface area contributed by atoms with Crippen molar-refractivity contribution in [2.75, 3.05) is 0 Å². The molecule has 0 unspecified atom stereocenters. The van der Waals surface area contributed by atoms with Crippen molar-refractivity contribution in [2.45, 2.75) is 19.3 Å². The highest BCUT2D eigenvalue weighted by molar-refractivity contribution is 6.10. The Morgan fingerprint density at radius 1 is 0.418 bits per heavy atom. The van der Waals surface area contributed by atoms with Crippen LogP contribution in [-0.2, 0) is 5.41 Å². The van der Waals surface area contributed by atoms with E-state index in [1.807, 2.05) is 66.7 Å². The molecule has 0 aliphatic heterocycles. The van der Waals surface area contributed by atoms with Crippen LogP contribution in [0, 0.1) is 11.3 Å². The van der Waals surface area contributed by atoms with Gasteiger partial charge in [0.05, 0.1) is 11.6 Å². The summed E-state index contributed by atoms with van der Waals surface area (Å²) in [5.74, 6) is 1.91. The molecule has 1 aliphatic carbocycles. The zero-order chi connectivity index (χ0) is 37.1. The van der Waals surface area contributed by atoms with Gasteiger partial charge in [0.1, 0.15) is 0 Å². The zero-order valence-electron chi connectivity index (χ0n) is 30.5. The van der Waals surface area contributed by atoms with E-state index in [2.05, 4.69) is 123 Å². The molecule has 4 heteroatoms. The molecule has 1 aliphatic rings. The molecule has 258 valence electrons. The minimum atomic E-state index is -0.209. The maximum absolute atomic E-state index is 9.69. The van der Waals surface area contributed by atoms with Crippen LogP contribution >= 0.6 is 0 Å². The number of hydrogen-bond donors (Lipinski definition) is 0. The Bertz CT molecular complexity index is 2940. The van der Waals surface area contributed by atoms with Gasteiger partial charge in [-0.2, -0.15) is 5.26 Å². The fourth-order valence-corrected chi connectivity index (χ4v) is 8.34. The summed E-state index contributed by atoms with van der Waals surface area (Å²) in [6.45, 7) is 4.53. The fraction of sp³-hybridized carbons (Fsp3) is 0.0588. The molecule has 0 amide bonds. The molecule has 0 atom stereocenters. The second kappa shape index (κ2) is 12.7. The number of nitrogens with zero attached hydrogens (tertiary/aromatic N) is 4. The lowest BCUT2D eigenvalue weighted by atomic mass is 9.81. The third kappa shape index (κ3) is 5.40. The number of aromatic nitrogens is 3. The molecule has 0 fully saturated rings. The monoisotopic (exact) mass is 702 g/mol. The van der Waals surface area contributed by atoms with E-state index in [1.54, 1.807) is 0 Å². The van der Waals surface area contributed by atoms with E-state index in [1.165, 1.54) is 60.5 Å². The second-order valence-corrected chi connectivity index (χ2v) is 14.7. The summed E-state index contributed by atoms with van der Waals surface area (Å²) >= 11 is 0. The summed E-state index contributed by atoms with van der Waals surface area (Å²) in [5, 5.41) is 14.5. The molecule has 55 heavy (non-hydrogen) atoms. The Labute approximate surface area is 320 Å². The van der Waals surface area contributed by atoms with E-state index in [9.17, 15) is 5.26 Å². The number of fused-ring (bicyclic) bond motifs is 5. The van der Waals surface area contributed by atoms with Crippen LogP contribution in [0.1, 0.15) is 30.5 Å². The summed E-state index contributed by atoms with van der Waals surface area (Å²) in [6, 6.07) is 61.8. The molecule has 0 spiro atoms. The number of hydrogen-bond acceptors (Lipinski definition) is 4. The van der Waals surface area contributed by atoms with Crippen molar-refractivity contribution in [3.05, 3.63) is 187 Å². The van der Waals surface area contributed by atoms with Crippen LogP contribution < -0.4 is 0 Å². The Hall–Kier alpha value is -7.22. The first-order valence-corrected chi connectivity index (χ1v) is 18.6. The second-order valence-electron chi connectivity index (χ2n) is 14.7. The van der Waals surface area contributed by atoms with Crippen molar-refractivity contribution in [1.29, 1.82) is 5.26 Å². The lowest BCUT2D eigenvalue weighted by Gasteiger charge is -2.22. The average molecular weight is 703 g/mol. The topological polar surface area (TPSA) is 62.5 Å². The van der Waals surface area contributed by atoms with Gasteiger partial charge < -0.3 is 0 Å². The third-order valence-corrected chi connectivity index (χ3v) is 11.2. The number of nitriles is 1. The minimum absolute atomic E-state index is 0.209. The summed E-state index contributed by atoms with van der Waals surface area (Å²) in [6.07, 6.45) is 0. The molecular formula is C51H34N4. The Morgan fingerprint density at radius 3 is 1.65 bits per heavy atom. The van der Waals surface area contributed by atoms with E-state index in [-0.39, 0.29) is 5.41 Å². The summed E-state index contributed by atoms with van der Waals surface area (Å²) in [4.78, 5) is 14.8. The lowest BCUT2D eigenvalue weighted by molar-refractivity contribution is 0.661. The molecule has 0 radical (unpaired) electrons. The predicted molar refractivity (Wildman–Crippen MR) is 224 cm³/mol. The standard InChI is InChI=1S/C51H34N4/c1-51(2)45-28-32(31-52)20-26-41(45)44-30-43-38(29-46(44)51)17-11-19-40(43)42-27-25-33-12-9-10-18-39(33)47(42)34-21-23-37(24-22-34)50-54-48(35-13-5-3-6-14-35)53-49(55-50)36-15-7-4-8-16-36/h3-30H,1-2H3. The summed E-state index contributed by atoms with van der Waals surface area (Å²) < 4.78 is 0. The molecule has 0 bridgehead atoms. The van der Waals surface area contributed by atoms with Gasteiger partial charge in [-0.15, -0.1) is 0 Å². The molecule has 0 saturated carbocycles. The van der Waals surface area contributed by atoms with Gasteiger partial charge in [0.25, 0.3) is 0 Å². The Kier molecular flexibility index (Phi) is 7.50. The fourth-order valence-electron chi connectivity index (χ4n) is 8.34. The molecule has 9 aromatic rings. The number of benzene rings is 8. The van der Waals surface area contributed by atoms with Crippen molar-refractivity contribution >= 4 is 21.5 Å². The van der Waals surface area contributed by atoms with Crippen LogP contribution in [0.25, 0.3) is 89.1 Å². The van der Waals surface area contributed by atoms with Gasteiger partial charge in [0.15, 0.2) is 17.5 Å². The van der Waals surface area contributed by atoms with Crippen molar-refractivity contribution < 1.29 is 0 Å². The molecule has 10 rings (SSSR count). The zero-order valence-corrected chi connectivity index (χ0v) is 30.5. The smallest absolute Gasteiger partial charge is 0.164 e. The van der Waals surface area contributed by atoms with Gasteiger partial charge in [0.2, 0.25) is 0 Å². The molecule has 8 aromatic carbocycles. The number of rotatable bonds is 5. The summed E-state index contributed by atoms with van der Waals surface area (Å²) in [7, 11) is 0. The van der Waals surface area contributed by atoms with Gasteiger partial charge in [-0.3, -0.25) is 0 Å². The van der Waals surface area contributed by atoms with E-state index in [0.717, 1.165) is 22.3 Å². The predicted octanol–water partition coefficient (Wildman–Crippen LogP) is 12.7. The molecular weight excluding hydrogens is 669 g/mol. The maximum atomic E-state index is 9.69. The quantitative estimate of drug-likeness (QED) is 0.179. The van der Waals surface area contributed by atoms with E-state index in [0.29, 0.717) is 23.0 Å². The SMILES string of the molecule is CC1(C)c2cc(C#N)ccc2-c2cc3c(-c4ccc5ccccc5c4-c4ccc(-c5nc(-c6ccccc6)nc(-c6ccccc6)n5)cc4)cccc3cc21. The molecule has 0 saturated heterocycles. The van der Waals surface area contributed by atoms with Crippen LogP contribution in [0.3, 0.4) is 0 Å². The molecule has 1 aromatic heterocycles. The first-order chi connectivity index (χ1) is 27.0. The Balaban J connectivity index is 1.13. The highest BCUT2D eigenvalue weighted by atomic mass is 15.0. The molecule has 4 nitrogen and oxygen atoms in total. The van der Waals surface area contributed by atoms with Crippen molar-refractivity contribution in [1.82, 2.24) is 15.0 Å². The van der Waals surface area contributed by atoms with Crippen LogP contribution in [0.4, 0.5) is 0 Å². The maximum Gasteiger partial charge on any atom is 0.164 e. The largest absolute Gasteiger partial charge is 0.208 e. The molecule has 0 N–H and O–H groups in total. The van der Waals surface area contributed by atoms with E-state index >= 15 is 0 Å². The van der Waals surface area contributed by atoms with Gasteiger partial charge in [-0.05, 0) is 90.3 Å². The van der Waals surface area contributed by atoms with Gasteiger partial charge >= 0.3 is 0 Å². The third-order valence-electron chi connectivity index (χ3n) is 11.2.